The fourth-order valence-electron chi connectivity index (χ4n) is 4.74. The number of hydrogen-bond donors (Lipinski definition) is 1. The molecule has 1 aliphatic carbocycles. The average molecular weight is 412 g/mol. The van der Waals surface area contributed by atoms with Gasteiger partial charge in [-0.1, -0.05) is 91.0 Å². The van der Waals surface area contributed by atoms with E-state index in [2.05, 4.69) is 95.1 Å². The zero-order chi connectivity index (χ0) is 21.0. The minimum atomic E-state index is 0.0825. The molecular formula is C27H29N3O. The van der Waals surface area contributed by atoms with Crippen molar-refractivity contribution < 1.29 is 4.79 Å². The van der Waals surface area contributed by atoms with Crippen LogP contribution >= 0.6 is 0 Å². The topological polar surface area (TPSA) is 35.6 Å². The Labute approximate surface area is 184 Å². The van der Waals surface area contributed by atoms with Crippen LogP contribution in [0.15, 0.2) is 91.0 Å². The number of carbonyl (C=O) groups excluding carboxylic acids is 1. The van der Waals surface area contributed by atoms with Crippen LogP contribution in [0.25, 0.3) is 0 Å². The number of nitrogens with zero attached hydrogens (tertiary/aromatic N) is 2. The number of piperazine rings is 1. The minimum absolute atomic E-state index is 0.0825. The standard InChI is InChI=1S/C27H29N3O/c31-27(28-25-20-24(25)21-10-4-1-5-11-21)30-18-16-29(17-19-30)26(22-12-6-2-7-13-22)23-14-8-3-9-15-23/h1-15,24-26H,16-20H2,(H,28,31)/t24-,25?/m0/s1. The first-order valence-corrected chi connectivity index (χ1v) is 11.2. The van der Waals surface area contributed by atoms with Crippen molar-refractivity contribution in [2.24, 2.45) is 0 Å². The predicted octanol–water partition coefficient (Wildman–Crippen LogP) is 4.66. The second kappa shape index (κ2) is 8.94. The largest absolute Gasteiger partial charge is 0.335 e. The van der Waals surface area contributed by atoms with Gasteiger partial charge in [0.05, 0.1) is 6.04 Å². The molecule has 3 aromatic carbocycles. The second-order valence-corrected chi connectivity index (χ2v) is 8.56. The van der Waals surface area contributed by atoms with Gasteiger partial charge in [-0.25, -0.2) is 4.79 Å². The molecule has 1 N–H and O–H groups in total. The number of urea groups is 1. The highest BCUT2D eigenvalue weighted by Gasteiger charge is 2.40. The first-order valence-electron chi connectivity index (χ1n) is 11.2. The maximum absolute atomic E-state index is 12.8. The van der Waals surface area contributed by atoms with E-state index in [0.29, 0.717) is 5.92 Å². The lowest BCUT2D eigenvalue weighted by Crippen LogP contribution is -2.53. The molecule has 2 aliphatic rings. The summed E-state index contributed by atoms with van der Waals surface area (Å²) in [6.45, 7) is 3.25. The van der Waals surface area contributed by atoms with Crippen LogP contribution in [0.1, 0.15) is 35.1 Å². The molecule has 1 saturated heterocycles. The van der Waals surface area contributed by atoms with E-state index < -0.39 is 0 Å². The molecule has 2 atom stereocenters. The normalized spacial score (nSPS) is 21.1. The Morgan fingerprint density at radius 2 is 1.26 bits per heavy atom. The van der Waals surface area contributed by atoms with Crippen molar-refractivity contribution in [1.82, 2.24) is 15.1 Å². The van der Waals surface area contributed by atoms with Crippen LogP contribution in [-0.2, 0) is 0 Å². The van der Waals surface area contributed by atoms with E-state index in [0.717, 1.165) is 32.6 Å². The lowest BCUT2D eigenvalue weighted by atomic mass is 9.96. The summed E-state index contributed by atoms with van der Waals surface area (Å²) in [6, 6.07) is 32.4. The van der Waals surface area contributed by atoms with Crippen LogP contribution in [0, 0.1) is 0 Å². The van der Waals surface area contributed by atoms with Crippen LogP contribution in [0.3, 0.4) is 0 Å². The van der Waals surface area contributed by atoms with E-state index in [1.54, 1.807) is 0 Å². The van der Waals surface area contributed by atoms with Gasteiger partial charge in [0.15, 0.2) is 0 Å². The zero-order valence-electron chi connectivity index (χ0n) is 17.7. The summed E-state index contributed by atoms with van der Waals surface area (Å²) in [6.07, 6.45) is 1.04. The molecule has 31 heavy (non-hydrogen) atoms. The average Bonchev–Trinajstić information content (AvgIpc) is 3.61. The molecule has 0 aromatic heterocycles. The van der Waals surface area contributed by atoms with Crippen molar-refractivity contribution in [3.63, 3.8) is 0 Å². The number of hydrogen-bond acceptors (Lipinski definition) is 2. The van der Waals surface area contributed by atoms with Crippen LogP contribution < -0.4 is 5.32 Å². The summed E-state index contributed by atoms with van der Waals surface area (Å²) in [7, 11) is 0. The lowest BCUT2D eigenvalue weighted by molar-refractivity contribution is 0.120. The van der Waals surface area contributed by atoms with Crippen molar-refractivity contribution in [3.8, 4) is 0 Å². The van der Waals surface area contributed by atoms with E-state index in [1.165, 1.54) is 16.7 Å². The summed E-state index contributed by atoms with van der Waals surface area (Å²) < 4.78 is 0. The molecule has 0 spiro atoms. The Morgan fingerprint density at radius 1 is 0.742 bits per heavy atom. The fourth-order valence-corrected chi connectivity index (χ4v) is 4.74. The first-order chi connectivity index (χ1) is 15.3. The fraction of sp³-hybridized carbons (Fsp3) is 0.296. The molecule has 5 rings (SSSR count). The third kappa shape index (κ3) is 4.49. The van der Waals surface area contributed by atoms with E-state index in [-0.39, 0.29) is 18.1 Å². The quantitative estimate of drug-likeness (QED) is 0.663. The van der Waals surface area contributed by atoms with Gasteiger partial charge in [0.25, 0.3) is 0 Å². The monoisotopic (exact) mass is 411 g/mol. The van der Waals surface area contributed by atoms with Crippen molar-refractivity contribution in [2.45, 2.75) is 24.4 Å². The second-order valence-electron chi connectivity index (χ2n) is 8.56. The predicted molar refractivity (Wildman–Crippen MR) is 124 cm³/mol. The number of amides is 2. The third-order valence-electron chi connectivity index (χ3n) is 6.52. The van der Waals surface area contributed by atoms with Gasteiger partial charge in [-0.15, -0.1) is 0 Å². The van der Waals surface area contributed by atoms with Crippen LogP contribution in [-0.4, -0.2) is 48.1 Å². The van der Waals surface area contributed by atoms with E-state index in [9.17, 15) is 4.79 Å². The molecular weight excluding hydrogens is 382 g/mol. The molecule has 1 saturated carbocycles. The summed E-state index contributed by atoms with van der Waals surface area (Å²) in [5.41, 5.74) is 3.93. The number of rotatable bonds is 5. The minimum Gasteiger partial charge on any atom is -0.335 e. The number of benzene rings is 3. The van der Waals surface area contributed by atoms with Crippen molar-refractivity contribution >= 4 is 6.03 Å². The molecule has 158 valence electrons. The van der Waals surface area contributed by atoms with E-state index in [4.69, 9.17) is 0 Å². The Kier molecular flexibility index (Phi) is 5.72. The first kappa shape index (κ1) is 19.8. The maximum atomic E-state index is 12.8. The highest BCUT2D eigenvalue weighted by Crippen LogP contribution is 2.40. The van der Waals surface area contributed by atoms with Gasteiger partial charge in [-0.3, -0.25) is 4.90 Å². The van der Waals surface area contributed by atoms with Gasteiger partial charge in [-0.2, -0.15) is 0 Å². The van der Waals surface area contributed by atoms with Gasteiger partial charge >= 0.3 is 6.03 Å². The molecule has 1 heterocycles. The van der Waals surface area contributed by atoms with E-state index >= 15 is 0 Å². The van der Waals surface area contributed by atoms with Gasteiger partial charge in [0, 0.05) is 38.1 Å². The van der Waals surface area contributed by atoms with Gasteiger partial charge < -0.3 is 10.2 Å². The molecule has 0 radical (unpaired) electrons. The SMILES string of the molecule is O=C(NC1C[C@H]1c1ccccc1)N1CCN(C(c2ccccc2)c2ccccc2)CC1. The molecule has 2 amide bonds. The van der Waals surface area contributed by atoms with Crippen LogP contribution in [0.5, 0.6) is 0 Å². The van der Waals surface area contributed by atoms with E-state index in [1.807, 2.05) is 11.0 Å². The Bertz CT molecular complexity index is 945. The molecule has 1 aliphatic heterocycles. The Morgan fingerprint density at radius 3 is 1.81 bits per heavy atom. The Balaban J connectivity index is 1.21. The van der Waals surface area contributed by atoms with Gasteiger partial charge in [-0.05, 0) is 23.1 Å². The van der Waals surface area contributed by atoms with Crippen LogP contribution in [0.4, 0.5) is 4.79 Å². The summed E-state index contributed by atoms with van der Waals surface area (Å²) in [5, 5.41) is 3.25. The van der Waals surface area contributed by atoms with Crippen molar-refractivity contribution in [1.29, 1.82) is 0 Å². The summed E-state index contributed by atoms with van der Waals surface area (Å²) >= 11 is 0. The number of carbonyl (C=O) groups is 1. The highest BCUT2D eigenvalue weighted by molar-refractivity contribution is 5.75. The molecule has 4 nitrogen and oxygen atoms in total. The molecule has 3 aromatic rings. The summed E-state index contributed by atoms with van der Waals surface area (Å²) in [4.78, 5) is 17.3. The number of nitrogens with one attached hydrogen (secondary N) is 1. The molecule has 0 bridgehead atoms. The van der Waals surface area contributed by atoms with Gasteiger partial charge in [0.1, 0.15) is 0 Å². The van der Waals surface area contributed by atoms with Crippen molar-refractivity contribution in [2.75, 3.05) is 26.2 Å². The molecule has 1 unspecified atom stereocenters. The summed E-state index contributed by atoms with van der Waals surface area (Å²) in [5.74, 6) is 0.465. The smallest absolute Gasteiger partial charge is 0.317 e. The Hall–Kier alpha value is -3.11. The zero-order valence-corrected chi connectivity index (χ0v) is 17.7. The van der Waals surface area contributed by atoms with Crippen LogP contribution in [0.2, 0.25) is 0 Å². The maximum Gasteiger partial charge on any atom is 0.317 e. The van der Waals surface area contributed by atoms with Gasteiger partial charge in [0.2, 0.25) is 0 Å². The van der Waals surface area contributed by atoms with Crippen molar-refractivity contribution in [3.05, 3.63) is 108 Å². The lowest BCUT2D eigenvalue weighted by Gasteiger charge is -2.39. The molecule has 4 heteroatoms. The third-order valence-corrected chi connectivity index (χ3v) is 6.52. The molecule has 2 fully saturated rings. The highest BCUT2D eigenvalue weighted by atomic mass is 16.2.